The van der Waals surface area contributed by atoms with Gasteiger partial charge in [0.25, 0.3) is 0 Å². The molecule has 104 valence electrons. The van der Waals surface area contributed by atoms with E-state index in [0.717, 1.165) is 22.1 Å². The van der Waals surface area contributed by atoms with Gasteiger partial charge in [0.05, 0.1) is 18.7 Å². The monoisotopic (exact) mass is 269 g/mol. The Morgan fingerprint density at radius 3 is 2.75 bits per heavy atom. The number of benzene rings is 2. The van der Waals surface area contributed by atoms with E-state index in [-0.39, 0.29) is 0 Å². The van der Waals surface area contributed by atoms with E-state index in [1.807, 2.05) is 37.3 Å². The van der Waals surface area contributed by atoms with Crippen molar-refractivity contribution in [2.75, 3.05) is 26.4 Å². The quantitative estimate of drug-likeness (QED) is 0.670. The van der Waals surface area contributed by atoms with Crippen LogP contribution in [-0.4, -0.2) is 26.4 Å². The molecule has 2 rings (SSSR count). The van der Waals surface area contributed by atoms with Gasteiger partial charge in [-0.1, -0.05) is 42.2 Å². The fraction of sp³-hybridized carbons (Fsp3) is 0.294. The molecule has 2 N–H and O–H groups in total. The lowest BCUT2D eigenvalue weighted by atomic mass is 10.0. The first-order valence-corrected chi connectivity index (χ1v) is 6.78. The van der Waals surface area contributed by atoms with E-state index in [1.54, 1.807) is 0 Å². The minimum absolute atomic E-state index is 0.335. The highest BCUT2D eigenvalue weighted by molar-refractivity contribution is 5.90. The van der Waals surface area contributed by atoms with Gasteiger partial charge in [0.2, 0.25) is 0 Å². The first kappa shape index (κ1) is 14.4. The molecular weight excluding hydrogens is 250 g/mol. The van der Waals surface area contributed by atoms with Crippen molar-refractivity contribution < 1.29 is 9.47 Å². The van der Waals surface area contributed by atoms with Gasteiger partial charge in [-0.25, -0.2) is 0 Å². The predicted molar refractivity (Wildman–Crippen MR) is 81.9 cm³/mol. The van der Waals surface area contributed by atoms with Crippen LogP contribution in [0.15, 0.2) is 36.4 Å². The number of nitrogens with two attached hydrogens (primary N) is 1. The molecule has 3 heteroatoms. The zero-order chi connectivity index (χ0) is 14.2. The molecule has 0 radical (unpaired) electrons. The van der Waals surface area contributed by atoms with E-state index in [0.29, 0.717) is 26.4 Å². The summed E-state index contributed by atoms with van der Waals surface area (Å²) >= 11 is 0. The highest BCUT2D eigenvalue weighted by Crippen LogP contribution is 2.27. The Morgan fingerprint density at radius 2 is 1.95 bits per heavy atom. The second kappa shape index (κ2) is 7.54. The Labute approximate surface area is 119 Å². The molecule has 0 unspecified atom stereocenters. The molecule has 0 heterocycles. The lowest BCUT2D eigenvalue weighted by molar-refractivity contribution is 0.110. The van der Waals surface area contributed by atoms with Gasteiger partial charge in [-0.05, 0) is 18.4 Å². The third kappa shape index (κ3) is 3.51. The van der Waals surface area contributed by atoms with Crippen molar-refractivity contribution in [2.45, 2.75) is 6.92 Å². The second-order valence-corrected chi connectivity index (χ2v) is 4.21. The third-order valence-electron chi connectivity index (χ3n) is 2.90. The highest BCUT2D eigenvalue weighted by Gasteiger charge is 2.06. The van der Waals surface area contributed by atoms with Crippen molar-refractivity contribution >= 4 is 10.8 Å². The lowest BCUT2D eigenvalue weighted by Crippen LogP contribution is -2.07. The van der Waals surface area contributed by atoms with Crippen LogP contribution in [-0.2, 0) is 4.74 Å². The summed E-state index contributed by atoms with van der Waals surface area (Å²) in [5, 5.41) is 2.23. The molecule has 0 aliphatic carbocycles. The van der Waals surface area contributed by atoms with Crippen LogP contribution >= 0.6 is 0 Å². The summed E-state index contributed by atoms with van der Waals surface area (Å²) in [4.78, 5) is 0. The average Bonchev–Trinajstić information content (AvgIpc) is 2.50. The number of rotatable bonds is 5. The molecule has 3 nitrogen and oxygen atoms in total. The second-order valence-electron chi connectivity index (χ2n) is 4.21. The summed E-state index contributed by atoms with van der Waals surface area (Å²) < 4.78 is 11.1. The zero-order valence-electron chi connectivity index (χ0n) is 11.7. The minimum Gasteiger partial charge on any atom is -0.490 e. The summed E-state index contributed by atoms with van der Waals surface area (Å²) in [5.41, 5.74) is 6.37. The van der Waals surface area contributed by atoms with Crippen LogP contribution in [0.2, 0.25) is 0 Å². The van der Waals surface area contributed by atoms with Crippen LogP contribution in [0.3, 0.4) is 0 Å². The third-order valence-corrected chi connectivity index (χ3v) is 2.90. The maximum Gasteiger partial charge on any atom is 0.135 e. The van der Waals surface area contributed by atoms with E-state index in [4.69, 9.17) is 15.2 Å². The van der Waals surface area contributed by atoms with Crippen molar-refractivity contribution in [1.82, 2.24) is 0 Å². The van der Waals surface area contributed by atoms with Crippen LogP contribution in [0.4, 0.5) is 0 Å². The standard InChI is InChI=1S/C17H19NO2/c1-2-19-12-13-20-17-10-9-14-6-3-4-7-15(14)16(17)8-5-11-18/h3-4,6-7,9-10H,2,11-13,18H2,1H3. The number of fused-ring (bicyclic) bond motifs is 1. The molecule has 0 aromatic heterocycles. The van der Waals surface area contributed by atoms with Crippen molar-refractivity contribution in [1.29, 1.82) is 0 Å². The SMILES string of the molecule is CCOCCOc1ccc2ccccc2c1C#CCN. The summed E-state index contributed by atoms with van der Waals surface area (Å²) in [6, 6.07) is 12.1. The summed E-state index contributed by atoms with van der Waals surface area (Å²) in [5.74, 6) is 6.80. The molecule has 0 saturated carbocycles. The van der Waals surface area contributed by atoms with Crippen molar-refractivity contribution in [3.63, 3.8) is 0 Å². The smallest absolute Gasteiger partial charge is 0.135 e. The normalized spacial score (nSPS) is 10.1. The van der Waals surface area contributed by atoms with Gasteiger partial charge in [-0.2, -0.15) is 0 Å². The fourth-order valence-corrected chi connectivity index (χ4v) is 2.00. The Balaban J connectivity index is 2.32. The van der Waals surface area contributed by atoms with Gasteiger partial charge in [-0.15, -0.1) is 0 Å². The average molecular weight is 269 g/mol. The van der Waals surface area contributed by atoms with Crippen molar-refractivity contribution in [2.24, 2.45) is 5.73 Å². The molecule has 0 fully saturated rings. The van der Waals surface area contributed by atoms with Gasteiger partial charge < -0.3 is 15.2 Å². The van der Waals surface area contributed by atoms with Crippen molar-refractivity contribution in [3.8, 4) is 17.6 Å². The Morgan fingerprint density at radius 1 is 1.10 bits per heavy atom. The van der Waals surface area contributed by atoms with E-state index in [9.17, 15) is 0 Å². The predicted octanol–water partition coefficient (Wildman–Crippen LogP) is 2.57. The fourth-order valence-electron chi connectivity index (χ4n) is 2.00. The molecule has 20 heavy (non-hydrogen) atoms. The first-order chi connectivity index (χ1) is 9.86. The van der Waals surface area contributed by atoms with E-state index >= 15 is 0 Å². The lowest BCUT2D eigenvalue weighted by Gasteiger charge is -2.10. The largest absolute Gasteiger partial charge is 0.490 e. The van der Waals surface area contributed by atoms with Crippen LogP contribution in [0.25, 0.3) is 10.8 Å². The number of ether oxygens (including phenoxy) is 2. The molecule has 0 amide bonds. The molecule has 2 aromatic carbocycles. The van der Waals surface area contributed by atoms with Gasteiger partial charge >= 0.3 is 0 Å². The van der Waals surface area contributed by atoms with E-state index < -0.39 is 0 Å². The molecule has 0 aliphatic heterocycles. The van der Waals surface area contributed by atoms with Crippen LogP contribution < -0.4 is 10.5 Å². The van der Waals surface area contributed by atoms with Gasteiger partial charge in [-0.3, -0.25) is 0 Å². The Bertz CT molecular complexity index is 626. The minimum atomic E-state index is 0.335. The van der Waals surface area contributed by atoms with Gasteiger partial charge in [0.15, 0.2) is 0 Å². The van der Waals surface area contributed by atoms with Crippen LogP contribution in [0.5, 0.6) is 5.75 Å². The molecule has 0 atom stereocenters. The summed E-state index contributed by atoms with van der Waals surface area (Å²) in [7, 11) is 0. The topological polar surface area (TPSA) is 44.5 Å². The van der Waals surface area contributed by atoms with Gasteiger partial charge in [0.1, 0.15) is 12.4 Å². The summed E-state index contributed by atoms with van der Waals surface area (Å²) in [6.45, 7) is 4.09. The number of hydrogen-bond acceptors (Lipinski definition) is 3. The Kier molecular flexibility index (Phi) is 5.43. The number of hydrogen-bond donors (Lipinski definition) is 1. The maximum absolute atomic E-state index is 5.78. The Hall–Kier alpha value is -2.02. The van der Waals surface area contributed by atoms with Crippen LogP contribution in [0, 0.1) is 11.8 Å². The molecule has 0 aliphatic rings. The first-order valence-electron chi connectivity index (χ1n) is 6.78. The van der Waals surface area contributed by atoms with Crippen LogP contribution in [0.1, 0.15) is 12.5 Å². The van der Waals surface area contributed by atoms with Crippen molar-refractivity contribution in [3.05, 3.63) is 42.0 Å². The summed E-state index contributed by atoms with van der Waals surface area (Å²) in [6.07, 6.45) is 0. The zero-order valence-corrected chi connectivity index (χ0v) is 11.7. The van der Waals surface area contributed by atoms with E-state index in [1.165, 1.54) is 0 Å². The molecule has 0 saturated heterocycles. The molecule has 0 bridgehead atoms. The maximum atomic E-state index is 5.78. The van der Waals surface area contributed by atoms with E-state index in [2.05, 4.69) is 17.9 Å². The molecular formula is C17H19NO2. The molecule has 0 spiro atoms. The highest BCUT2D eigenvalue weighted by atomic mass is 16.5. The molecule has 2 aromatic rings. The van der Waals surface area contributed by atoms with Gasteiger partial charge in [0, 0.05) is 12.0 Å².